The number of aromatic nitrogens is 3. The molecule has 1 aromatic carbocycles. The van der Waals surface area contributed by atoms with Crippen LogP contribution in [0.1, 0.15) is 28.7 Å². The lowest BCUT2D eigenvalue weighted by atomic mass is 10.1. The van der Waals surface area contributed by atoms with E-state index in [2.05, 4.69) is 15.2 Å². The minimum Gasteiger partial charge on any atom is -0.293 e. The van der Waals surface area contributed by atoms with E-state index in [9.17, 15) is 9.18 Å². The van der Waals surface area contributed by atoms with Crippen LogP contribution in [0.3, 0.4) is 0 Å². The highest BCUT2D eigenvalue weighted by molar-refractivity contribution is 7.99. The van der Waals surface area contributed by atoms with Crippen molar-refractivity contribution in [2.75, 3.05) is 5.75 Å². The second kappa shape index (κ2) is 6.37. The van der Waals surface area contributed by atoms with E-state index in [1.165, 1.54) is 17.8 Å². The molecule has 0 unspecified atom stereocenters. The predicted molar refractivity (Wildman–Crippen MR) is 77.0 cm³/mol. The molecule has 0 fully saturated rings. The van der Waals surface area contributed by atoms with Crippen molar-refractivity contribution >= 4 is 29.1 Å². The number of benzene rings is 1. The third-order valence-electron chi connectivity index (χ3n) is 2.73. The quantitative estimate of drug-likeness (QED) is 0.678. The van der Waals surface area contributed by atoms with Crippen molar-refractivity contribution in [3.05, 3.63) is 39.9 Å². The monoisotopic (exact) mass is 313 g/mol. The molecule has 0 saturated carbocycles. The van der Waals surface area contributed by atoms with Gasteiger partial charge in [0.1, 0.15) is 11.6 Å². The summed E-state index contributed by atoms with van der Waals surface area (Å²) in [6.07, 6.45) is 0.754. The fourth-order valence-electron chi connectivity index (χ4n) is 1.58. The van der Waals surface area contributed by atoms with E-state index >= 15 is 0 Å². The van der Waals surface area contributed by atoms with Crippen molar-refractivity contribution in [3.63, 3.8) is 0 Å². The number of rotatable bonds is 5. The minimum atomic E-state index is -0.416. The zero-order valence-electron chi connectivity index (χ0n) is 11.0. The van der Waals surface area contributed by atoms with Gasteiger partial charge in [0.25, 0.3) is 0 Å². The Labute approximate surface area is 125 Å². The van der Waals surface area contributed by atoms with Crippen LogP contribution in [0, 0.1) is 12.7 Å². The molecule has 0 aliphatic rings. The van der Waals surface area contributed by atoms with E-state index in [1.807, 2.05) is 6.92 Å². The molecule has 2 rings (SSSR count). The number of aromatic amines is 1. The van der Waals surface area contributed by atoms with Crippen LogP contribution in [0.5, 0.6) is 0 Å². The predicted octanol–water partition coefficient (Wildman–Crippen LogP) is 3.44. The lowest BCUT2D eigenvalue weighted by Gasteiger charge is -2.05. The molecule has 0 spiro atoms. The van der Waals surface area contributed by atoms with Crippen LogP contribution in [0.4, 0.5) is 4.39 Å². The van der Waals surface area contributed by atoms with Crippen LogP contribution >= 0.6 is 23.4 Å². The first-order valence-electron chi connectivity index (χ1n) is 6.04. The first kappa shape index (κ1) is 15.0. The second-order valence-electron chi connectivity index (χ2n) is 4.21. The minimum absolute atomic E-state index is 0.128. The van der Waals surface area contributed by atoms with Gasteiger partial charge in [0.2, 0.25) is 5.16 Å². The van der Waals surface area contributed by atoms with Gasteiger partial charge in [-0.25, -0.2) is 9.37 Å². The molecule has 0 bridgehead atoms. The summed E-state index contributed by atoms with van der Waals surface area (Å²) in [5, 5.41) is 7.41. The number of hydrogen-bond donors (Lipinski definition) is 1. The van der Waals surface area contributed by atoms with E-state index in [4.69, 9.17) is 11.6 Å². The summed E-state index contributed by atoms with van der Waals surface area (Å²) in [5.74, 6) is 0.341. The largest absolute Gasteiger partial charge is 0.293 e. The van der Waals surface area contributed by atoms with Crippen molar-refractivity contribution in [1.29, 1.82) is 0 Å². The van der Waals surface area contributed by atoms with Gasteiger partial charge < -0.3 is 0 Å². The van der Waals surface area contributed by atoms with Gasteiger partial charge in [-0.3, -0.25) is 9.89 Å². The molecule has 1 aromatic heterocycles. The summed E-state index contributed by atoms with van der Waals surface area (Å²) in [6, 6.07) is 2.63. The molecule has 4 nitrogen and oxygen atoms in total. The molecule has 106 valence electrons. The fourth-order valence-corrected chi connectivity index (χ4v) is 2.54. The van der Waals surface area contributed by atoms with Crippen LogP contribution in [0.2, 0.25) is 5.02 Å². The molecule has 1 heterocycles. The van der Waals surface area contributed by atoms with E-state index in [0.717, 1.165) is 18.3 Å². The number of Topliss-reactive ketones (excluding diaryl/α,β-unsaturated/α-hetero) is 1. The molecule has 0 aliphatic heterocycles. The number of ketones is 1. The molecule has 2 aromatic rings. The standard InChI is InChI=1S/C13H13ClFN3OS/c1-3-12-16-13(18-17-12)20-6-11(19)8-4-7(2)10(15)5-9(8)14/h4-5H,3,6H2,1-2H3,(H,16,17,18). The maximum absolute atomic E-state index is 13.3. The summed E-state index contributed by atoms with van der Waals surface area (Å²) in [6.45, 7) is 3.56. The topological polar surface area (TPSA) is 58.6 Å². The van der Waals surface area contributed by atoms with E-state index in [0.29, 0.717) is 16.3 Å². The number of aryl methyl sites for hydroxylation is 2. The fraction of sp³-hybridized carbons (Fsp3) is 0.308. The zero-order chi connectivity index (χ0) is 14.7. The molecular formula is C13H13ClFN3OS. The van der Waals surface area contributed by atoms with Crippen molar-refractivity contribution in [2.45, 2.75) is 25.4 Å². The Morgan fingerprint density at radius 3 is 2.90 bits per heavy atom. The Kier molecular flexibility index (Phi) is 4.77. The van der Waals surface area contributed by atoms with Crippen molar-refractivity contribution in [3.8, 4) is 0 Å². The summed E-state index contributed by atoms with van der Waals surface area (Å²) in [4.78, 5) is 16.3. The van der Waals surface area contributed by atoms with Crippen molar-refractivity contribution in [1.82, 2.24) is 15.2 Å². The van der Waals surface area contributed by atoms with Crippen LogP contribution < -0.4 is 0 Å². The van der Waals surface area contributed by atoms with Crippen molar-refractivity contribution in [2.24, 2.45) is 0 Å². The molecule has 0 atom stereocenters. The summed E-state index contributed by atoms with van der Waals surface area (Å²) in [7, 11) is 0. The second-order valence-corrected chi connectivity index (χ2v) is 5.56. The Bertz CT molecular complexity index is 645. The first-order valence-corrected chi connectivity index (χ1v) is 7.40. The van der Waals surface area contributed by atoms with Crippen LogP contribution in [-0.2, 0) is 6.42 Å². The molecule has 0 saturated heterocycles. The smallest absolute Gasteiger partial charge is 0.208 e. The normalized spacial score (nSPS) is 10.8. The highest BCUT2D eigenvalue weighted by Crippen LogP contribution is 2.23. The van der Waals surface area contributed by atoms with Gasteiger partial charge in [0.05, 0.1) is 10.8 Å². The lowest BCUT2D eigenvalue weighted by molar-refractivity contribution is 0.102. The van der Waals surface area contributed by atoms with Crippen LogP contribution in [0.15, 0.2) is 17.3 Å². The molecular weight excluding hydrogens is 301 g/mol. The number of carbonyl (C=O) groups excluding carboxylic acids is 1. The van der Waals surface area contributed by atoms with Crippen LogP contribution in [-0.4, -0.2) is 26.7 Å². The van der Waals surface area contributed by atoms with Gasteiger partial charge in [0, 0.05) is 12.0 Å². The van der Waals surface area contributed by atoms with Gasteiger partial charge in [0.15, 0.2) is 5.78 Å². The third kappa shape index (κ3) is 3.37. The number of H-pyrrole nitrogens is 1. The molecule has 1 N–H and O–H groups in total. The molecule has 0 amide bonds. The van der Waals surface area contributed by atoms with E-state index in [1.54, 1.807) is 6.92 Å². The highest BCUT2D eigenvalue weighted by Gasteiger charge is 2.14. The zero-order valence-corrected chi connectivity index (χ0v) is 12.6. The molecule has 7 heteroatoms. The number of nitrogens with one attached hydrogen (secondary N) is 1. The average molecular weight is 314 g/mol. The number of nitrogens with zero attached hydrogens (tertiary/aromatic N) is 2. The summed E-state index contributed by atoms with van der Waals surface area (Å²) in [5.41, 5.74) is 0.721. The lowest BCUT2D eigenvalue weighted by Crippen LogP contribution is -2.05. The molecule has 0 aliphatic carbocycles. The molecule has 20 heavy (non-hydrogen) atoms. The first-order chi connectivity index (χ1) is 9.51. The van der Waals surface area contributed by atoms with Gasteiger partial charge >= 0.3 is 0 Å². The van der Waals surface area contributed by atoms with Gasteiger partial charge in [-0.1, -0.05) is 30.3 Å². The number of halogens is 2. The van der Waals surface area contributed by atoms with Gasteiger partial charge in [-0.05, 0) is 24.6 Å². The maximum atomic E-state index is 13.3. The van der Waals surface area contributed by atoms with Gasteiger partial charge in [-0.15, -0.1) is 5.10 Å². The van der Waals surface area contributed by atoms with Gasteiger partial charge in [-0.2, -0.15) is 0 Å². The molecule has 0 radical (unpaired) electrons. The Morgan fingerprint density at radius 2 is 2.25 bits per heavy atom. The van der Waals surface area contributed by atoms with E-state index < -0.39 is 5.82 Å². The van der Waals surface area contributed by atoms with Crippen LogP contribution in [0.25, 0.3) is 0 Å². The highest BCUT2D eigenvalue weighted by atomic mass is 35.5. The SMILES string of the molecule is CCc1nc(SCC(=O)c2cc(C)c(F)cc2Cl)n[nH]1. The summed E-state index contributed by atoms with van der Waals surface area (Å²) >= 11 is 7.12. The summed E-state index contributed by atoms with van der Waals surface area (Å²) < 4.78 is 13.3. The van der Waals surface area contributed by atoms with E-state index in [-0.39, 0.29) is 16.6 Å². The number of carbonyl (C=O) groups is 1. The van der Waals surface area contributed by atoms with Crippen molar-refractivity contribution < 1.29 is 9.18 Å². The Hall–Kier alpha value is -1.40. The number of hydrogen-bond acceptors (Lipinski definition) is 4. The Balaban J connectivity index is 2.07. The average Bonchev–Trinajstić information content (AvgIpc) is 2.88. The Morgan fingerprint density at radius 1 is 1.50 bits per heavy atom. The number of thioether (sulfide) groups is 1. The maximum Gasteiger partial charge on any atom is 0.208 e. The third-order valence-corrected chi connectivity index (χ3v) is 3.89.